The largest absolute Gasteiger partial charge is 0.444 e. The van der Waals surface area contributed by atoms with E-state index in [-0.39, 0.29) is 12.0 Å². The van der Waals surface area contributed by atoms with Gasteiger partial charge in [0, 0.05) is 25.2 Å². The Hall–Kier alpha value is -1.79. The number of nitrogens with zero attached hydrogens (tertiary/aromatic N) is 2. The van der Waals surface area contributed by atoms with Gasteiger partial charge in [-0.1, -0.05) is 0 Å². The van der Waals surface area contributed by atoms with Crippen molar-refractivity contribution in [2.24, 2.45) is 0 Å². The molecule has 3 rings (SSSR count). The van der Waals surface area contributed by atoms with E-state index >= 15 is 0 Å². The van der Waals surface area contributed by atoms with Gasteiger partial charge < -0.3 is 9.52 Å². The molecule has 1 aliphatic heterocycles. The lowest BCUT2D eigenvalue weighted by molar-refractivity contribution is 0.0786. The molecule has 0 saturated carbocycles. The number of hydrogen-bond donors (Lipinski definition) is 1. The monoisotopic (exact) mass is 294 g/mol. The number of benzene rings is 1. The van der Waals surface area contributed by atoms with E-state index in [0.717, 1.165) is 43.8 Å². The first kappa shape index (κ1) is 14.2. The molecule has 6 heteroatoms. The lowest BCUT2D eigenvalue weighted by Crippen LogP contribution is -2.35. The van der Waals surface area contributed by atoms with E-state index in [9.17, 15) is 13.9 Å². The van der Waals surface area contributed by atoms with Gasteiger partial charge in [-0.15, -0.1) is 0 Å². The highest BCUT2D eigenvalue weighted by Crippen LogP contribution is 2.22. The van der Waals surface area contributed by atoms with Crippen molar-refractivity contribution in [3.8, 4) is 11.5 Å². The van der Waals surface area contributed by atoms with Crippen LogP contribution in [0.3, 0.4) is 0 Å². The van der Waals surface area contributed by atoms with Gasteiger partial charge in [-0.25, -0.2) is 13.8 Å². The SMILES string of the molecule is OC1CCN(Cc2coc(-c3ccc(F)c(F)c3)n2)CC1. The molecule has 0 amide bonds. The van der Waals surface area contributed by atoms with Crippen LogP contribution in [0, 0.1) is 11.6 Å². The molecule has 1 N–H and O–H groups in total. The Balaban J connectivity index is 1.69. The molecule has 1 aromatic heterocycles. The zero-order valence-corrected chi connectivity index (χ0v) is 11.4. The molecule has 0 bridgehead atoms. The molecule has 1 fully saturated rings. The maximum atomic E-state index is 13.2. The van der Waals surface area contributed by atoms with E-state index < -0.39 is 11.6 Å². The molecule has 2 heterocycles. The summed E-state index contributed by atoms with van der Waals surface area (Å²) in [6.45, 7) is 2.25. The summed E-state index contributed by atoms with van der Waals surface area (Å²) in [4.78, 5) is 6.48. The number of oxazole rings is 1. The van der Waals surface area contributed by atoms with Crippen LogP contribution in [-0.2, 0) is 6.54 Å². The normalized spacial score (nSPS) is 17.3. The van der Waals surface area contributed by atoms with Gasteiger partial charge in [0.1, 0.15) is 6.26 Å². The van der Waals surface area contributed by atoms with Crippen LogP contribution in [0.15, 0.2) is 28.9 Å². The van der Waals surface area contributed by atoms with Crippen LogP contribution in [0.25, 0.3) is 11.5 Å². The smallest absolute Gasteiger partial charge is 0.226 e. The maximum absolute atomic E-state index is 13.2. The Morgan fingerprint density at radius 1 is 1.24 bits per heavy atom. The van der Waals surface area contributed by atoms with Gasteiger partial charge in [-0.3, -0.25) is 4.90 Å². The fraction of sp³-hybridized carbons (Fsp3) is 0.400. The van der Waals surface area contributed by atoms with Gasteiger partial charge in [0.25, 0.3) is 0 Å². The molecule has 0 radical (unpaired) electrons. The number of rotatable bonds is 3. The summed E-state index contributed by atoms with van der Waals surface area (Å²) in [7, 11) is 0. The van der Waals surface area contributed by atoms with E-state index in [1.165, 1.54) is 12.3 Å². The van der Waals surface area contributed by atoms with Crippen LogP contribution in [0.4, 0.5) is 8.78 Å². The number of piperidine rings is 1. The first-order valence-electron chi connectivity index (χ1n) is 6.92. The first-order valence-corrected chi connectivity index (χ1v) is 6.92. The van der Waals surface area contributed by atoms with Crippen molar-refractivity contribution in [3.63, 3.8) is 0 Å². The Bertz CT molecular complexity index is 622. The Kier molecular flexibility index (Phi) is 3.98. The van der Waals surface area contributed by atoms with Crippen LogP contribution in [0.2, 0.25) is 0 Å². The standard InChI is InChI=1S/C15H16F2N2O2/c16-13-2-1-10(7-14(13)17)15-18-11(9-21-15)8-19-5-3-12(20)4-6-19/h1-2,7,9,12,20H,3-6,8H2. The highest BCUT2D eigenvalue weighted by Gasteiger charge is 2.18. The summed E-state index contributed by atoms with van der Waals surface area (Å²) in [6.07, 6.45) is 2.83. The van der Waals surface area contributed by atoms with E-state index in [1.807, 2.05) is 0 Å². The molecule has 0 unspecified atom stereocenters. The lowest BCUT2D eigenvalue weighted by Gasteiger charge is -2.28. The van der Waals surface area contributed by atoms with Crippen LogP contribution < -0.4 is 0 Å². The summed E-state index contributed by atoms with van der Waals surface area (Å²) in [5.74, 6) is -1.53. The second-order valence-corrected chi connectivity index (χ2v) is 5.28. The van der Waals surface area contributed by atoms with Crippen LogP contribution in [0.1, 0.15) is 18.5 Å². The second-order valence-electron chi connectivity index (χ2n) is 5.28. The molecule has 112 valence electrons. The first-order chi connectivity index (χ1) is 10.1. The van der Waals surface area contributed by atoms with Gasteiger partial charge in [-0.2, -0.15) is 0 Å². The molecule has 0 atom stereocenters. The van der Waals surface area contributed by atoms with Gasteiger partial charge in [-0.05, 0) is 31.0 Å². The third-order valence-electron chi connectivity index (χ3n) is 3.66. The number of halogens is 2. The zero-order chi connectivity index (χ0) is 14.8. The predicted octanol–water partition coefficient (Wildman–Crippen LogP) is 2.58. The molecule has 1 saturated heterocycles. The average Bonchev–Trinajstić information content (AvgIpc) is 2.93. The fourth-order valence-electron chi connectivity index (χ4n) is 2.45. The molecule has 0 aliphatic carbocycles. The number of hydrogen-bond acceptors (Lipinski definition) is 4. The van der Waals surface area contributed by atoms with Gasteiger partial charge >= 0.3 is 0 Å². The maximum Gasteiger partial charge on any atom is 0.226 e. The van der Waals surface area contributed by atoms with E-state index in [1.54, 1.807) is 0 Å². The molecular weight excluding hydrogens is 278 g/mol. The molecule has 0 spiro atoms. The van der Waals surface area contributed by atoms with Crippen molar-refractivity contribution in [3.05, 3.63) is 41.8 Å². The van der Waals surface area contributed by atoms with E-state index in [2.05, 4.69) is 9.88 Å². The second kappa shape index (κ2) is 5.91. The van der Waals surface area contributed by atoms with Crippen molar-refractivity contribution in [2.75, 3.05) is 13.1 Å². The molecule has 21 heavy (non-hydrogen) atoms. The number of aliphatic hydroxyl groups is 1. The van der Waals surface area contributed by atoms with Crippen molar-refractivity contribution in [1.29, 1.82) is 0 Å². The lowest BCUT2D eigenvalue weighted by atomic mass is 10.1. The predicted molar refractivity (Wildman–Crippen MR) is 72.4 cm³/mol. The average molecular weight is 294 g/mol. The quantitative estimate of drug-likeness (QED) is 0.945. The Labute approximate surface area is 121 Å². The number of aromatic nitrogens is 1. The third kappa shape index (κ3) is 3.28. The van der Waals surface area contributed by atoms with Gasteiger partial charge in [0.15, 0.2) is 11.6 Å². The fourth-order valence-corrected chi connectivity index (χ4v) is 2.45. The summed E-state index contributed by atoms with van der Waals surface area (Å²) >= 11 is 0. The number of aliphatic hydroxyl groups excluding tert-OH is 1. The summed E-state index contributed by atoms with van der Waals surface area (Å²) in [6, 6.07) is 3.56. The van der Waals surface area contributed by atoms with E-state index in [4.69, 9.17) is 4.42 Å². The van der Waals surface area contributed by atoms with Crippen molar-refractivity contribution in [2.45, 2.75) is 25.5 Å². The molecule has 2 aromatic rings. The third-order valence-corrected chi connectivity index (χ3v) is 3.66. The summed E-state index contributed by atoms with van der Waals surface area (Å²) < 4.78 is 31.4. The number of likely N-dealkylation sites (tertiary alicyclic amines) is 1. The van der Waals surface area contributed by atoms with Crippen molar-refractivity contribution < 1.29 is 18.3 Å². The minimum Gasteiger partial charge on any atom is -0.444 e. The summed E-state index contributed by atoms with van der Waals surface area (Å²) in [5.41, 5.74) is 1.15. The Morgan fingerprint density at radius 2 is 2.00 bits per heavy atom. The van der Waals surface area contributed by atoms with Crippen LogP contribution in [0.5, 0.6) is 0 Å². The van der Waals surface area contributed by atoms with Crippen LogP contribution in [-0.4, -0.2) is 34.2 Å². The van der Waals surface area contributed by atoms with Gasteiger partial charge in [0.05, 0.1) is 11.8 Å². The minimum absolute atomic E-state index is 0.212. The van der Waals surface area contributed by atoms with Crippen LogP contribution >= 0.6 is 0 Å². The molecule has 1 aromatic carbocycles. The van der Waals surface area contributed by atoms with Crippen molar-refractivity contribution >= 4 is 0 Å². The van der Waals surface area contributed by atoms with Gasteiger partial charge in [0.2, 0.25) is 5.89 Å². The summed E-state index contributed by atoms with van der Waals surface area (Å²) in [5, 5.41) is 9.47. The minimum atomic E-state index is -0.919. The molecule has 1 aliphatic rings. The highest BCUT2D eigenvalue weighted by atomic mass is 19.2. The molecule has 4 nitrogen and oxygen atoms in total. The highest BCUT2D eigenvalue weighted by molar-refractivity contribution is 5.53. The zero-order valence-electron chi connectivity index (χ0n) is 11.4. The Morgan fingerprint density at radius 3 is 2.71 bits per heavy atom. The topological polar surface area (TPSA) is 49.5 Å². The van der Waals surface area contributed by atoms with E-state index in [0.29, 0.717) is 12.1 Å². The van der Waals surface area contributed by atoms with Crippen molar-refractivity contribution in [1.82, 2.24) is 9.88 Å². The molecular formula is C15H16F2N2O2.